The van der Waals surface area contributed by atoms with Crippen LogP contribution in [0.15, 0.2) is 10.7 Å². The second kappa shape index (κ2) is 6.58. The number of hydrogen-bond donors (Lipinski definition) is 1. The van der Waals surface area contributed by atoms with Crippen LogP contribution in [0.4, 0.5) is 0 Å². The molecule has 1 aliphatic rings. The summed E-state index contributed by atoms with van der Waals surface area (Å²) in [7, 11) is 4.22. The summed E-state index contributed by atoms with van der Waals surface area (Å²) in [5.74, 6) is 0. The van der Waals surface area contributed by atoms with Crippen molar-refractivity contribution in [2.45, 2.75) is 51.1 Å². The summed E-state index contributed by atoms with van der Waals surface area (Å²) in [6, 6.07) is 0.647. The first-order valence-corrected chi connectivity index (χ1v) is 8.35. The van der Waals surface area contributed by atoms with Gasteiger partial charge < -0.3 is 10.2 Å². The Kier molecular flexibility index (Phi) is 5.26. The molecule has 4 nitrogen and oxygen atoms in total. The van der Waals surface area contributed by atoms with Gasteiger partial charge in [0.2, 0.25) is 0 Å². The summed E-state index contributed by atoms with van der Waals surface area (Å²) >= 11 is 3.71. The zero-order valence-electron chi connectivity index (χ0n) is 13.1. The number of nitrogens with zero attached hydrogens (tertiary/aromatic N) is 3. The molecule has 114 valence electrons. The van der Waals surface area contributed by atoms with E-state index in [0.717, 1.165) is 24.1 Å². The highest BCUT2D eigenvalue weighted by Crippen LogP contribution is 2.43. The van der Waals surface area contributed by atoms with Gasteiger partial charge in [-0.15, -0.1) is 0 Å². The van der Waals surface area contributed by atoms with Crippen molar-refractivity contribution in [3.05, 3.63) is 16.4 Å². The van der Waals surface area contributed by atoms with E-state index in [9.17, 15) is 0 Å². The molecule has 0 bridgehead atoms. The van der Waals surface area contributed by atoms with E-state index in [1.165, 1.54) is 25.0 Å². The molecule has 0 radical (unpaired) electrons. The van der Waals surface area contributed by atoms with Gasteiger partial charge in [-0.2, -0.15) is 5.10 Å². The Morgan fingerprint density at radius 1 is 1.55 bits per heavy atom. The van der Waals surface area contributed by atoms with Crippen LogP contribution in [0.5, 0.6) is 0 Å². The van der Waals surface area contributed by atoms with Crippen LogP contribution in [-0.4, -0.2) is 47.9 Å². The van der Waals surface area contributed by atoms with Crippen LogP contribution in [0.3, 0.4) is 0 Å². The Hall–Kier alpha value is -0.390. The van der Waals surface area contributed by atoms with Gasteiger partial charge >= 0.3 is 0 Å². The molecule has 1 saturated carbocycles. The van der Waals surface area contributed by atoms with Gasteiger partial charge in [0.1, 0.15) is 0 Å². The quantitative estimate of drug-likeness (QED) is 0.862. The van der Waals surface area contributed by atoms with Crippen molar-refractivity contribution in [2.75, 3.05) is 27.2 Å². The lowest BCUT2D eigenvalue weighted by Gasteiger charge is -2.27. The zero-order valence-corrected chi connectivity index (χ0v) is 14.7. The molecule has 2 unspecified atom stereocenters. The monoisotopic (exact) mass is 342 g/mol. The lowest BCUT2D eigenvalue weighted by molar-refractivity contribution is 0.349. The van der Waals surface area contributed by atoms with E-state index >= 15 is 0 Å². The van der Waals surface area contributed by atoms with E-state index in [1.807, 2.05) is 6.20 Å². The molecule has 20 heavy (non-hydrogen) atoms. The van der Waals surface area contributed by atoms with Crippen LogP contribution in [-0.2, 0) is 12.0 Å². The molecule has 0 amide bonds. The van der Waals surface area contributed by atoms with Crippen molar-refractivity contribution < 1.29 is 0 Å². The first kappa shape index (κ1) is 16.0. The molecule has 0 spiro atoms. The van der Waals surface area contributed by atoms with Crippen molar-refractivity contribution in [3.63, 3.8) is 0 Å². The Balaban J connectivity index is 2.17. The second-order valence-electron chi connectivity index (χ2n) is 6.43. The van der Waals surface area contributed by atoms with E-state index in [1.54, 1.807) is 0 Å². The molecule has 0 aliphatic heterocycles. The minimum absolute atomic E-state index is 0.231. The summed E-state index contributed by atoms with van der Waals surface area (Å²) in [5.41, 5.74) is 1.61. The SMILES string of the molecule is CCNC1CCC(C)(c2c(Br)cnn2CCN(C)C)C1. The van der Waals surface area contributed by atoms with Crippen molar-refractivity contribution >= 4 is 15.9 Å². The van der Waals surface area contributed by atoms with Crippen molar-refractivity contribution in [2.24, 2.45) is 0 Å². The third-order valence-electron chi connectivity index (χ3n) is 4.36. The minimum atomic E-state index is 0.231. The normalized spacial score (nSPS) is 26.6. The first-order valence-electron chi connectivity index (χ1n) is 7.56. The fraction of sp³-hybridized carbons (Fsp3) is 0.800. The van der Waals surface area contributed by atoms with Gasteiger partial charge in [0.15, 0.2) is 0 Å². The van der Waals surface area contributed by atoms with Gasteiger partial charge in [0, 0.05) is 18.0 Å². The largest absolute Gasteiger partial charge is 0.314 e. The van der Waals surface area contributed by atoms with Gasteiger partial charge in [-0.1, -0.05) is 13.8 Å². The summed E-state index contributed by atoms with van der Waals surface area (Å²) in [6.45, 7) is 7.61. The number of aromatic nitrogens is 2. The third kappa shape index (κ3) is 3.43. The second-order valence-corrected chi connectivity index (χ2v) is 7.28. The minimum Gasteiger partial charge on any atom is -0.314 e. The Bertz CT molecular complexity index is 443. The van der Waals surface area contributed by atoms with E-state index in [0.29, 0.717) is 6.04 Å². The van der Waals surface area contributed by atoms with Crippen LogP contribution in [0.25, 0.3) is 0 Å². The molecule has 1 fully saturated rings. The van der Waals surface area contributed by atoms with Gasteiger partial charge in [-0.25, -0.2) is 0 Å². The molecule has 5 heteroatoms. The maximum absolute atomic E-state index is 4.57. The van der Waals surface area contributed by atoms with E-state index in [2.05, 4.69) is 63.9 Å². The molecule has 1 N–H and O–H groups in total. The fourth-order valence-electron chi connectivity index (χ4n) is 3.35. The van der Waals surface area contributed by atoms with Crippen LogP contribution < -0.4 is 5.32 Å². The predicted molar refractivity (Wildman–Crippen MR) is 87.1 cm³/mol. The van der Waals surface area contributed by atoms with Gasteiger partial charge in [0.25, 0.3) is 0 Å². The highest BCUT2D eigenvalue weighted by atomic mass is 79.9. The number of rotatable bonds is 6. The molecule has 1 heterocycles. The molecule has 1 aromatic rings. The third-order valence-corrected chi connectivity index (χ3v) is 4.94. The standard InChI is InChI=1S/C15H27BrN4/c1-5-17-12-6-7-15(2,10-12)14-13(16)11-18-20(14)9-8-19(3)4/h11-12,17H,5-10H2,1-4H3. The average Bonchev–Trinajstić information content (AvgIpc) is 2.92. The summed E-state index contributed by atoms with van der Waals surface area (Å²) in [5, 5.41) is 8.17. The Labute approximate surface area is 131 Å². The first-order chi connectivity index (χ1) is 9.46. The molecule has 1 aromatic heterocycles. The molecule has 2 atom stereocenters. The summed E-state index contributed by atoms with van der Waals surface area (Å²) in [6.07, 6.45) is 5.65. The van der Waals surface area contributed by atoms with E-state index in [4.69, 9.17) is 0 Å². The van der Waals surface area contributed by atoms with Gasteiger partial charge in [-0.3, -0.25) is 4.68 Å². The van der Waals surface area contributed by atoms with Crippen LogP contribution in [0.2, 0.25) is 0 Å². The van der Waals surface area contributed by atoms with Crippen molar-refractivity contribution in [3.8, 4) is 0 Å². The van der Waals surface area contributed by atoms with Crippen molar-refractivity contribution in [1.82, 2.24) is 20.0 Å². The lowest BCUT2D eigenvalue weighted by Crippen LogP contribution is -2.31. The van der Waals surface area contributed by atoms with Crippen LogP contribution in [0.1, 0.15) is 38.8 Å². The highest BCUT2D eigenvalue weighted by Gasteiger charge is 2.39. The number of halogens is 1. The summed E-state index contributed by atoms with van der Waals surface area (Å²) < 4.78 is 3.36. The van der Waals surface area contributed by atoms with Crippen molar-refractivity contribution in [1.29, 1.82) is 0 Å². The van der Waals surface area contributed by atoms with Crippen LogP contribution >= 0.6 is 15.9 Å². The van der Waals surface area contributed by atoms with E-state index < -0.39 is 0 Å². The fourth-order valence-corrected chi connectivity index (χ4v) is 4.12. The van der Waals surface area contributed by atoms with Gasteiger partial charge in [-0.05, 0) is 55.8 Å². The summed E-state index contributed by atoms with van der Waals surface area (Å²) in [4.78, 5) is 2.21. The van der Waals surface area contributed by atoms with Crippen LogP contribution in [0, 0.1) is 0 Å². The highest BCUT2D eigenvalue weighted by molar-refractivity contribution is 9.10. The molecular weight excluding hydrogens is 316 g/mol. The van der Waals surface area contributed by atoms with E-state index in [-0.39, 0.29) is 5.41 Å². The smallest absolute Gasteiger partial charge is 0.0635 e. The number of hydrogen-bond acceptors (Lipinski definition) is 3. The molecular formula is C15H27BrN4. The molecule has 2 rings (SSSR count). The Morgan fingerprint density at radius 2 is 2.30 bits per heavy atom. The molecule has 1 aliphatic carbocycles. The Morgan fingerprint density at radius 3 is 2.95 bits per heavy atom. The predicted octanol–water partition coefficient (Wildman–Crippen LogP) is 2.63. The zero-order chi connectivity index (χ0) is 14.8. The molecule has 0 aromatic carbocycles. The number of nitrogens with one attached hydrogen (secondary N) is 1. The number of likely N-dealkylation sites (N-methyl/N-ethyl adjacent to an activating group) is 1. The molecule has 0 saturated heterocycles. The maximum Gasteiger partial charge on any atom is 0.0635 e. The maximum atomic E-state index is 4.57. The average molecular weight is 343 g/mol. The van der Waals surface area contributed by atoms with Gasteiger partial charge in [0.05, 0.1) is 22.9 Å². The lowest BCUT2D eigenvalue weighted by atomic mass is 9.84. The topological polar surface area (TPSA) is 33.1 Å².